The molecule has 0 aliphatic heterocycles. The molecular weight excluding hydrogens is 354 g/mol. The van der Waals surface area contributed by atoms with Crippen LogP contribution in [0, 0.1) is 0 Å². The number of carbonyl (C=O) groups is 1. The van der Waals surface area contributed by atoms with Gasteiger partial charge in [-0.1, -0.05) is 24.3 Å². The molecule has 142 valence electrons. The first kappa shape index (κ1) is 17.9. The molecule has 1 aliphatic rings. The van der Waals surface area contributed by atoms with Crippen molar-refractivity contribution in [3.8, 4) is 0 Å². The highest BCUT2D eigenvalue weighted by Gasteiger charge is 2.15. The molecule has 28 heavy (non-hydrogen) atoms. The number of para-hydroxylation sites is 1. The molecule has 0 saturated heterocycles. The van der Waals surface area contributed by atoms with Gasteiger partial charge in [0.1, 0.15) is 0 Å². The van der Waals surface area contributed by atoms with Gasteiger partial charge in [0.15, 0.2) is 12.4 Å². The Balaban J connectivity index is 1.43. The van der Waals surface area contributed by atoms with E-state index in [1.165, 1.54) is 17.5 Å². The van der Waals surface area contributed by atoms with Gasteiger partial charge >= 0.3 is 5.97 Å². The highest BCUT2D eigenvalue weighted by Crippen LogP contribution is 2.22. The number of nitrogens with two attached hydrogens (primary N) is 1. The zero-order chi connectivity index (χ0) is 19.3. The number of hydrogen-bond acceptors (Lipinski definition) is 7. The lowest BCUT2D eigenvalue weighted by atomic mass is 9.90. The van der Waals surface area contributed by atoms with Gasteiger partial charge in [-0.25, -0.2) is 4.79 Å². The quantitative estimate of drug-likeness (QED) is 0.659. The number of nitrogens with one attached hydrogen (secondary N) is 1. The second-order valence-electron chi connectivity index (χ2n) is 6.69. The van der Waals surface area contributed by atoms with Crippen LogP contribution < -0.4 is 11.1 Å². The molecule has 0 fully saturated rings. The van der Waals surface area contributed by atoms with Crippen molar-refractivity contribution < 1.29 is 9.53 Å². The molecule has 0 radical (unpaired) electrons. The minimum Gasteiger partial charge on any atom is -0.454 e. The molecule has 2 aromatic carbocycles. The fraction of sp³-hybridized carbons (Fsp3) is 0.238. The van der Waals surface area contributed by atoms with Crippen LogP contribution in [0.3, 0.4) is 0 Å². The number of carbonyl (C=O) groups excluding carboxylic acids is 1. The van der Waals surface area contributed by atoms with Crippen LogP contribution in [0.5, 0.6) is 0 Å². The minimum atomic E-state index is -0.398. The van der Waals surface area contributed by atoms with Crippen molar-refractivity contribution in [3.63, 3.8) is 0 Å². The molecule has 7 heteroatoms. The summed E-state index contributed by atoms with van der Waals surface area (Å²) in [5, 5.41) is 3.06. The van der Waals surface area contributed by atoms with E-state index in [1.807, 2.05) is 48.5 Å². The van der Waals surface area contributed by atoms with E-state index in [0.717, 1.165) is 24.9 Å². The van der Waals surface area contributed by atoms with Crippen molar-refractivity contribution in [1.82, 2.24) is 15.0 Å². The van der Waals surface area contributed by atoms with Crippen molar-refractivity contribution in [2.45, 2.75) is 32.3 Å². The van der Waals surface area contributed by atoms with Crippen LogP contribution in [0.4, 0.5) is 17.6 Å². The average molecular weight is 375 g/mol. The lowest BCUT2D eigenvalue weighted by Gasteiger charge is -2.16. The smallest absolute Gasteiger partial charge is 0.338 e. The number of ether oxygens (including phenoxy) is 1. The molecule has 0 unspecified atom stereocenters. The molecule has 0 amide bonds. The first-order valence-electron chi connectivity index (χ1n) is 9.29. The number of anilines is 3. The number of aromatic nitrogens is 3. The molecule has 0 atom stereocenters. The van der Waals surface area contributed by atoms with Gasteiger partial charge < -0.3 is 15.8 Å². The Morgan fingerprint density at radius 2 is 1.79 bits per heavy atom. The third kappa shape index (κ3) is 4.25. The minimum absolute atomic E-state index is 0.0632. The Labute approximate surface area is 163 Å². The second kappa shape index (κ2) is 8.04. The van der Waals surface area contributed by atoms with Gasteiger partial charge in [-0.05, 0) is 61.1 Å². The predicted molar refractivity (Wildman–Crippen MR) is 106 cm³/mol. The van der Waals surface area contributed by atoms with Crippen molar-refractivity contribution in [1.29, 1.82) is 0 Å². The number of nitrogen functional groups attached to an aromatic ring is 1. The first-order chi connectivity index (χ1) is 13.7. The number of aryl methyl sites for hydroxylation is 2. The number of fused-ring (bicyclic) bond motifs is 1. The summed E-state index contributed by atoms with van der Waals surface area (Å²) in [6.45, 7) is -0.0773. The number of hydrogen-bond donors (Lipinski definition) is 2. The number of rotatable bonds is 5. The Morgan fingerprint density at radius 1 is 1.00 bits per heavy atom. The SMILES string of the molecule is Nc1nc(COC(=O)c2ccc3c(c2)CCCC3)nc(Nc2ccccc2)n1. The maximum atomic E-state index is 12.4. The van der Waals surface area contributed by atoms with E-state index in [-0.39, 0.29) is 18.4 Å². The third-order valence-electron chi connectivity index (χ3n) is 4.65. The lowest BCUT2D eigenvalue weighted by molar-refractivity contribution is 0.0462. The summed E-state index contributed by atoms with van der Waals surface area (Å²) in [6, 6.07) is 15.2. The van der Waals surface area contributed by atoms with Gasteiger partial charge in [-0.15, -0.1) is 0 Å². The summed E-state index contributed by atoms with van der Waals surface area (Å²) in [5.41, 5.74) is 9.69. The summed E-state index contributed by atoms with van der Waals surface area (Å²) in [6.07, 6.45) is 4.45. The molecule has 0 spiro atoms. The van der Waals surface area contributed by atoms with E-state index < -0.39 is 5.97 Å². The molecular formula is C21H21N5O2. The van der Waals surface area contributed by atoms with E-state index in [1.54, 1.807) is 0 Å². The molecule has 0 bridgehead atoms. The van der Waals surface area contributed by atoms with Crippen LogP contribution >= 0.6 is 0 Å². The molecule has 1 aliphatic carbocycles. The van der Waals surface area contributed by atoms with Gasteiger partial charge in [0.25, 0.3) is 0 Å². The van der Waals surface area contributed by atoms with Gasteiger partial charge in [0, 0.05) is 5.69 Å². The van der Waals surface area contributed by atoms with E-state index in [4.69, 9.17) is 10.5 Å². The zero-order valence-electron chi connectivity index (χ0n) is 15.4. The van der Waals surface area contributed by atoms with Crippen LogP contribution in [-0.2, 0) is 24.2 Å². The second-order valence-corrected chi connectivity index (χ2v) is 6.69. The molecule has 7 nitrogen and oxygen atoms in total. The van der Waals surface area contributed by atoms with E-state index >= 15 is 0 Å². The van der Waals surface area contributed by atoms with Crippen LogP contribution in [-0.4, -0.2) is 20.9 Å². The van der Waals surface area contributed by atoms with Gasteiger partial charge in [-0.3, -0.25) is 0 Å². The highest BCUT2D eigenvalue weighted by atomic mass is 16.5. The predicted octanol–water partition coefficient (Wildman–Crippen LogP) is 3.43. The number of benzene rings is 2. The molecule has 4 rings (SSSR count). The van der Waals surface area contributed by atoms with Crippen molar-refractivity contribution in [2.75, 3.05) is 11.1 Å². The third-order valence-corrected chi connectivity index (χ3v) is 4.65. The lowest BCUT2D eigenvalue weighted by Crippen LogP contribution is -2.12. The largest absolute Gasteiger partial charge is 0.454 e. The topological polar surface area (TPSA) is 103 Å². The summed E-state index contributed by atoms with van der Waals surface area (Å²) in [5.74, 6) is 0.258. The van der Waals surface area contributed by atoms with E-state index in [9.17, 15) is 4.79 Å². The fourth-order valence-corrected chi connectivity index (χ4v) is 3.28. The van der Waals surface area contributed by atoms with E-state index in [2.05, 4.69) is 20.3 Å². The fourth-order valence-electron chi connectivity index (χ4n) is 3.28. The van der Waals surface area contributed by atoms with Crippen molar-refractivity contribution in [3.05, 3.63) is 71.0 Å². The Hall–Kier alpha value is -3.48. The van der Waals surface area contributed by atoms with Crippen LogP contribution in [0.25, 0.3) is 0 Å². The van der Waals surface area contributed by atoms with Crippen LogP contribution in [0.15, 0.2) is 48.5 Å². The maximum Gasteiger partial charge on any atom is 0.338 e. The monoisotopic (exact) mass is 375 g/mol. The number of esters is 1. The highest BCUT2D eigenvalue weighted by molar-refractivity contribution is 5.89. The summed E-state index contributed by atoms with van der Waals surface area (Å²) >= 11 is 0. The molecule has 3 N–H and O–H groups in total. The first-order valence-corrected chi connectivity index (χ1v) is 9.29. The summed E-state index contributed by atoms with van der Waals surface area (Å²) < 4.78 is 5.39. The molecule has 1 heterocycles. The normalized spacial score (nSPS) is 12.9. The average Bonchev–Trinajstić information content (AvgIpc) is 2.72. The van der Waals surface area contributed by atoms with Crippen molar-refractivity contribution >= 4 is 23.6 Å². The van der Waals surface area contributed by atoms with Gasteiger partial charge in [0.2, 0.25) is 11.9 Å². The summed E-state index contributed by atoms with van der Waals surface area (Å²) in [7, 11) is 0. The van der Waals surface area contributed by atoms with Crippen LogP contribution in [0.1, 0.15) is 40.2 Å². The molecule has 1 aromatic heterocycles. The summed E-state index contributed by atoms with van der Waals surface area (Å²) in [4.78, 5) is 24.8. The standard InChI is InChI=1S/C21H21N5O2/c22-20-24-18(25-21(26-20)23-17-8-2-1-3-9-17)13-28-19(27)16-11-10-14-6-4-5-7-15(14)12-16/h1-3,8-12H,4-7,13H2,(H3,22,23,24,25,26). The Kier molecular flexibility index (Phi) is 5.14. The zero-order valence-corrected chi connectivity index (χ0v) is 15.4. The molecule has 3 aromatic rings. The Morgan fingerprint density at radius 3 is 2.61 bits per heavy atom. The van der Waals surface area contributed by atoms with Gasteiger partial charge in [0.05, 0.1) is 5.56 Å². The molecule has 0 saturated carbocycles. The van der Waals surface area contributed by atoms with Crippen LogP contribution in [0.2, 0.25) is 0 Å². The van der Waals surface area contributed by atoms with E-state index in [0.29, 0.717) is 11.5 Å². The van der Waals surface area contributed by atoms with Gasteiger partial charge in [-0.2, -0.15) is 15.0 Å². The maximum absolute atomic E-state index is 12.4. The van der Waals surface area contributed by atoms with Crippen molar-refractivity contribution in [2.24, 2.45) is 0 Å². The Bertz CT molecular complexity index is 991. The number of nitrogens with zero attached hydrogens (tertiary/aromatic N) is 3.